The van der Waals surface area contributed by atoms with Gasteiger partial charge in [0.25, 0.3) is 6.04 Å². The van der Waals surface area contributed by atoms with Crippen LogP contribution >= 0.6 is 0 Å². The molecule has 0 saturated heterocycles. The first-order valence-corrected chi connectivity index (χ1v) is 9.59. The lowest BCUT2D eigenvalue weighted by molar-refractivity contribution is -0.537. The number of nitrogens with zero attached hydrogens (tertiary/aromatic N) is 1. The van der Waals surface area contributed by atoms with E-state index >= 15 is 0 Å². The Morgan fingerprint density at radius 3 is 1.17 bits per heavy atom. The van der Waals surface area contributed by atoms with Gasteiger partial charge in [-0.1, -0.05) is 121 Å². The largest absolute Gasteiger partial charge is 0.264 e. The second-order valence-corrected chi connectivity index (χ2v) is 7.00. The summed E-state index contributed by atoms with van der Waals surface area (Å²) in [6.45, 7) is 0. The zero-order valence-electron chi connectivity index (χ0n) is 15.9. The van der Waals surface area contributed by atoms with E-state index in [0.717, 1.165) is 16.7 Å². The minimum Gasteiger partial charge on any atom is -0.264 e. The monoisotopic (exact) mass is 379 g/mol. The minimum atomic E-state index is -0.990. The molecule has 0 heterocycles. The Morgan fingerprint density at radius 2 is 0.862 bits per heavy atom. The van der Waals surface area contributed by atoms with E-state index < -0.39 is 11.5 Å². The lowest BCUT2D eigenvalue weighted by Gasteiger charge is -2.37. The molecule has 4 aromatic carbocycles. The maximum Gasteiger partial charge on any atom is 0.255 e. The summed E-state index contributed by atoms with van der Waals surface area (Å²) in [5.74, 6) is 0. The average Bonchev–Trinajstić information content (AvgIpc) is 2.79. The average molecular weight is 379 g/mol. The van der Waals surface area contributed by atoms with Crippen LogP contribution in [0.15, 0.2) is 121 Å². The van der Waals surface area contributed by atoms with Crippen LogP contribution in [0.1, 0.15) is 28.3 Å². The van der Waals surface area contributed by atoms with Gasteiger partial charge in [0.2, 0.25) is 0 Å². The fourth-order valence-electron chi connectivity index (χ4n) is 4.24. The number of nitro groups is 1. The topological polar surface area (TPSA) is 43.1 Å². The molecule has 0 aliphatic rings. The number of benzene rings is 4. The van der Waals surface area contributed by atoms with E-state index in [2.05, 4.69) is 0 Å². The summed E-state index contributed by atoms with van der Waals surface area (Å²) in [6, 6.07) is 37.7. The maximum atomic E-state index is 12.7. The van der Waals surface area contributed by atoms with Crippen molar-refractivity contribution in [3.63, 3.8) is 0 Å². The molecule has 29 heavy (non-hydrogen) atoms. The van der Waals surface area contributed by atoms with E-state index in [1.165, 1.54) is 0 Å². The lowest BCUT2D eigenvalue weighted by atomic mass is 9.63. The van der Waals surface area contributed by atoms with E-state index in [1.807, 2.05) is 121 Å². The van der Waals surface area contributed by atoms with Gasteiger partial charge in [-0.3, -0.25) is 10.1 Å². The van der Waals surface area contributed by atoms with Gasteiger partial charge in [0.15, 0.2) is 0 Å². The summed E-state index contributed by atoms with van der Waals surface area (Å²) in [5, 5.41) is 12.7. The van der Waals surface area contributed by atoms with Gasteiger partial charge in [-0.05, 0) is 16.7 Å². The lowest BCUT2D eigenvalue weighted by Crippen LogP contribution is -2.40. The first-order chi connectivity index (χ1) is 14.2. The Kier molecular flexibility index (Phi) is 5.21. The summed E-state index contributed by atoms with van der Waals surface area (Å²) in [5.41, 5.74) is 2.37. The standard InChI is InChI=1S/C26H21NO2/c28-27(29)25(21-13-5-1-6-14-21)26(22-15-7-2-8-16-22,23-17-9-3-10-18-23)24-19-11-4-12-20-24/h1-20,25H. The van der Waals surface area contributed by atoms with Gasteiger partial charge in [-0.25, -0.2) is 0 Å². The maximum absolute atomic E-state index is 12.7. The second kappa shape index (κ2) is 8.11. The molecule has 0 saturated carbocycles. The highest BCUT2D eigenvalue weighted by molar-refractivity contribution is 5.53. The fourth-order valence-corrected chi connectivity index (χ4v) is 4.24. The number of rotatable bonds is 6. The number of hydrogen-bond acceptors (Lipinski definition) is 2. The molecule has 0 aromatic heterocycles. The molecule has 0 spiro atoms. The highest BCUT2D eigenvalue weighted by Crippen LogP contribution is 2.49. The van der Waals surface area contributed by atoms with Gasteiger partial charge in [0.05, 0.1) is 0 Å². The first kappa shape index (κ1) is 18.6. The van der Waals surface area contributed by atoms with E-state index in [0.29, 0.717) is 5.56 Å². The third-order valence-corrected chi connectivity index (χ3v) is 5.42. The Labute approximate surface area is 170 Å². The third-order valence-electron chi connectivity index (χ3n) is 5.42. The van der Waals surface area contributed by atoms with Crippen molar-refractivity contribution in [3.8, 4) is 0 Å². The van der Waals surface area contributed by atoms with Crippen molar-refractivity contribution in [2.45, 2.75) is 11.5 Å². The molecule has 4 aromatic rings. The number of hydrogen-bond donors (Lipinski definition) is 0. The molecule has 4 rings (SSSR count). The Bertz CT molecular complexity index is 968. The summed E-state index contributed by atoms with van der Waals surface area (Å²) in [7, 11) is 0. The van der Waals surface area contributed by atoms with Crippen LogP contribution in [0.25, 0.3) is 0 Å². The Hall–Kier alpha value is -3.72. The predicted octanol–water partition coefficient (Wildman–Crippen LogP) is 6.04. The SMILES string of the molecule is O=[N+]([O-])C(c1ccccc1)C(c1ccccc1)(c1ccccc1)c1ccccc1. The molecule has 0 fully saturated rings. The molecule has 0 aliphatic heterocycles. The van der Waals surface area contributed by atoms with Crippen molar-refractivity contribution in [3.05, 3.63) is 154 Å². The van der Waals surface area contributed by atoms with Crippen LogP contribution in [-0.2, 0) is 5.41 Å². The fraction of sp³-hybridized carbons (Fsp3) is 0.0769. The van der Waals surface area contributed by atoms with Crippen LogP contribution in [0.3, 0.4) is 0 Å². The molecular weight excluding hydrogens is 358 g/mol. The summed E-state index contributed by atoms with van der Waals surface area (Å²) >= 11 is 0. The van der Waals surface area contributed by atoms with Crippen LogP contribution in [0.5, 0.6) is 0 Å². The van der Waals surface area contributed by atoms with Crippen molar-refractivity contribution in [1.29, 1.82) is 0 Å². The predicted molar refractivity (Wildman–Crippen MR) is 115 cm³/mol. The smallest absolute Gasteiger partial charge is 0.255 e. The molecule has 0 aliphatic carbocycles. The van der Waals surface area contributed by atoms with E-state index in [9.17, 15) is 10.1 Å². The normalized spacial score (nSPS) is 12.3. The van der Waals surface area contributed by atoms with Crippen LogP contribution in [0, 0.1) is 10.1 Å². The highest BCUT2D eigenvalue weighted by atomic mass is 16.6. The van der Waals surface area contributed by atoms with Gasteiger partial charge in [-0.15, -0.1) is 0 Å². The van der Waals surface area contributed by atoms with Crippen LogP contribution < -0.4 is 0 Å². The van der Waals surface area contributed by atoms with Crippen molar-refractivity contribution in [2.24, 2.45) is 0 Å². The molecular formula is C26H21NO2. The van der Waals surface area contributed by atoms with E-state index in [4.69, 9.17) is 0 Å². The van der Waals surface area contributed by atoms with Gasteiger partial charge in [0.1, 0.15) is 5.41 Å². The van der Waals surface area contributed by atoms with Crippen LogP contribution in [0.2, 0.25) is 0 Å². The van der Waals surface area contributed by atoms with E-state index in [-0.39, 0.29) is 4.92 Å². The van der Waals surface area contributed by atoms with Crippen LogP contribution in [0.4, 0.5) is 0 Å². The third kappa shape index (κ3) is 3.32. The molecule has 3 nitrogen and oxygen atoms in total. The van der Waals surface area contributed by atoms with Crippen molar-refractivity contribution in [2.75, 3.05) is 0 Å². The van der Waals surface area contributed by atoms with Crippen LogP contribution in [-0.4, -0.2) is 4.92 Å². The Balaban J connectivity index is 2.14. The molecule has 1 unspecified atom stereocenters. The molecule has 0 amide bonds. The van der Waals surface area contributed by atoms with Crippen molar-refractivity contribution in [1.82, 2.24) is 0 Å². The minimum absolute atomic E-state index is 0.150. The zero-order valence-corrected chi connectivity index (χ0v) is 15.9. The molecule has 0 N–H and O–H groups in total. The van der Waals surface area contributed by atoms with Gasteiger partial charge >= 0.3 is 0 Å². The van der Waals surface area contributed by atoms with E-state index in [1.54, 1.807) is 0 Å². The van der Waals surface area contributed by atoms with Gasteiger partial charge < -0.3 is 0 Å². The summed E-state index contributed by atoms with van der Waals surface area (Å²) in [4.78, 5) is 12.5. The second-order valence-electron chi connectivity index (χ2n) is 7.00. The molecule has 0 radical (unpaired) electrons. The van der Waals surface area contributed by atoms with Gasteiger partial charge in [-0.2, -0.15) is 0 Å². The zero-order chi connectivity index (χ0) is 20.1. The molecule has 0 bridgehead atoms. The first-order valence-electron chi connectivity index (χ1n) is 9.59. The summed E-state index contributed by atoms with van der Waals surface area (Å²) < 4.78 is 0. The molecule has 142 valence electrons. The quantitative estimate of drug-likeness (QED) is 0.233. The van der Waals surface area contributed by atoms with Crippen molar-refractivity contribution >= 4 is 0 Å². The molecule has 3 heteroatoms. The van der Waals surface area contributed by atoms with Gasteiger partial charge in [0, 0.05) is 10.5 Å². The summed E-state index contributed by atoms with van der Waals surface area (Å²) in [6.07, 6.45) is 0. The van der Waals surface area contributed by atoms with Crippen molar-refractivity contribution < 1.29 is 4.92 Å². The molecule has 1 atom stereocenters. The Morgan fingerprint density at radius 1 is 0.552 bits per heavy atom. The highest BCUT2D eigenvalue weighted by Gasteiger charge is 2.51.